The van der Waals surface area contributed by atoms with E-state index in [0.29, 0.717) is 13.2 Å². The molecule has 1 amide bonds. The maximum absolute atomic E-state index is 11.8. The topological polar surface area (TPSA) is 55.6 Å². The molecule has 1 heterocycles. The van der Waals surface area contributed by atoms with E-state index in [-0.39, 0.29) is 18.2 Å². The van der Waals surface area contributed by atoms with Crippen molar-refractivity contribution in [3.8, 4) is 0 Å². The molecule has 4 nitrogen and oxygen atoms in total. The number of cyclic esters (lactones) is 1. The van der Waals surface area contributed by atoms with E-state index >= 15 is 0 Å². The second-order valence-electron chi connectivity index (χ2n) is 4.29. The molecule has 17 heavy (non-hydrogen) atoms. The lowest BCUT2D eigenvalue weighted by molar-refractivity contribution is 0.0293. The van der Waals surface area contributed by atoms with E-state index < -0.39 is 0 Å². The smallest absolute Gasteiger partial charge is 0.410 e. The van der Waals surface area contributed by atoms with Gasteiger partial charge in [-0.05, 0) is 12.5 Å². The molecule has 1 fully saturated rings. The van der Waals surface area contributed by atoms with Gasteiger partial charge >= 0.3 is 6.09 Å². The largest absolute Gasteiger partial charge is 0.449 e. The van der Waals surface area contributed by atoms with Crippen molar-refractivity contribution in [1.82, 2.24) is 4.90 Å². The molecular formula is C13H18N2O2. The molecule has 92 valence electrons. The van der Waals surface area contributed by atoms with E-state index in [1.807, 2.05) is 37.3 Å². The maximum atomic E-state index is 11.8. The Labute approximate surface area is 101 Å². The quantitative estimate of drug-likeness (QED) is 0.869. The highest BCUT2D eigenvalue weighted by atomic mass is 16.6. The van der Waals surface area contributed by atoms with Gasteiger partial charge in [0.15, 0.2) is 0 Å². The number of carbonyl (C=O) groups excluding carboxylic acids is 1. The number of carbonyl (C=O) groups is 1. The Hall–Kier alpha value is -1.55. The molecular weight excluding hydrogens is 216 g/mol. The van der Waals surface area contributed by atoms with Crippen molar-refractivity contribution in [3.05, 3.63) is 35.9 Å². The van der Waals surface area contributed by atoms with Gasteiger partial charge in [0.1, 0.15) is 0 Å². The van der Waals surface area contributed by atoms with Crippen molar-refractivity contribution in [3.63, 3.8) is 0 Å². The summed E-state index contributed by atoms with van der Waals surface area (Å²) in [4.78, 5) is 13.6. The number of ether oxygens (including phenoxy) is 1. The van der Waals surface area contributed by atoms with Gasteiger partial charge in [-0.1, -0.05) is 30.3 Å². The predicted octanol–water partition coefficient (Wildman–Crippen LogP) is 1.92. The molecule has 1 saturated heterocycles. The third kappa shape index (κ3) is 2.42. The summed E-state index contributed by atoms with van der Waals surface area (Å²) in [6.45, 7) is 2.95. The fraction of sp³-hybridized carbons (Fsp3) is 0.462. The van der Waals surface area contributed by atoms with Crippen LogP contribution in [-0.2, 0) is 4.74 Å². The number of nitrogens with zero attached hydrogens (tertiary/aromatic N) is 1. The zero-order chi connectivity index (χ0) is 12.3. The Morgan fingerprint density at radius 3 is 2.82 bits per heavy atom. The highest BCUT2D eigenvalue weighted by molar-refractivity contribution is 5.69. The van der Waals surface area contributed by atoms with Crippen LogP contribution in [0.5, 0.6) is 0 Å². The van der Waals surface area contributed by atoms with E-state index in [0.717, 1.165) is 12.0 Å². The minimum Gasteiger partial charge on any atom is -0.449 e. The van der Waals surface area contributed by atoms with Crippen molar-refractivity contribution in [2.75, 3.05) is 13.2 Å². The maximum Gasteiger partial charge on any atom is 0.410 e. The minimum atomic E-state index is -0.261. The summed E-state index contributed by atoms with van der Waals surface area (Å²) in [5.74, 6) is 0. The van der Waals surface area contributed by atoms with Crippen LogP contribution < -0.4 is 5.73 Å². The predicted molar refractivity (Wildman–Crippen MR) is 65.5 cm³/mol. The number of hydrogen-bond donors (Lipinski definition) is 1. The second-order valence-corrected chi connectivity index (χ2v) is 4.29. The molecule has 0 aliphatic carbocycles. The van der Waals surface area contributed by atoms with Crippen molar-refractivity contribution in [2.45, 2.75) is 25.4 Å². The zero-order valence-corrected chi connectivity index (χ0v) is 10.0. The summed E-state index contributed by atoms with van der Waals surface area (Å²) in [7, 11) is 0. The molecule has 0 saturated carbocycles. The summed E-state index contributed by atoms with van der Waals surface area (Å²) < 4.78 is 5.10. The van der Waals surface area contributed by atoms with Gasteiger partial charge in [0, 0.05) is 13.0 Å². The molecule has 1 aliphatic rings. The van der Waals surface area contributed by atoms with Gasteiger partial charge in [-0.25, -0.2) is 4.79 Å². The molecule has 2 atom stereocenters. The summed E-state index contributed by atoms with van der Waals surface area (Å²) in [6, 6.07) is 10.0. The lowest BCUT2D eigenvalue weighted by atomic mass is 10.0. The van der Waals surface area contributed by atoms with Crippen molar-refractivity contribution >= 4 is 6.09 Å². The van der Waals surface area contributed by atoms with Crippen molar-refractivity contribution in [2.24, 2.45) is 5.73 Å². The summed E-state index contributed by atoms with van der Waals surface area (Å²) >= 11 is 0. The van der Waals surface area contributed by atoms with Gasteiger partial charge in [0.25, 0.3) is 0 Å². The second kappa shape index (κ2) is 5.19. The number of amides is 1. The van der Waals surface area contributed by atoms with Crippen LogP contribution in [0.2, 0.25) is 0 Å². The van der Waals surface area contributed by atoms with Crippen molar-refractivity contribution < 1.29 is 9.53 Å². The molecule has 2 unspecified atom stereocenters. The fourth-order valence-electron chi connectivity index (χ4n) is 2.24. The highest BCUT2D eigenvalue weighted by Crippen LogP contribution is 2.26. The first kappa shape index (κ1) is 11.9. The van der Waals surface area contributed by atoms with E-state index in [2.05, 4.69) is 0 Å². The fourth-order valence-corrected chi connectivity index (χ4v) is 2.24. The van der Waals surface area contributed by atoms with Crippen LogP contribution in [0.1, 0.15) is 24.9 Å². The SMILES string of the molecule is CC(c1ccccc1)N1C(=O)OCCC1CN. The first-order valence-electron chi connectivity index (χ1n) is 5.94. The van der Waals surface area contributed by atoms with Gasteiger partial charge < -0.3 is 10.5 Å². The highest BCUT2D eigenvalue weighted by Gasteiger charge is 2.32. The third-order valence-electron chi connectivity index (χ3n) is 3.25. The van der Waals surface area contributed by atoms with Gasteiger partial charge in [-0.15, -0.1) is 0 Å². The van der Waals surface area contributed by atoms with Crippen LogP contribution in [0.3, 0.4) is 0 Å². The molecule has 1 aliphatic heterocycles. The molecule has 2 N–H and O–H groups in total. The molecule has 1 aromatic carbocycles. The van der Waals surface area contributed by atoms with E-state index in [1.165, 1.54) is 0 Å². The van der Waals surface area contributed by atoms with Crippen LogP contribution >= 0.6 is 0 Å². The molecule has 0 bridgehead atoms. The number of benzene rings is 1. The molecule has 0 spiro atoms. The van der Waals surface area contributed by atoms with Crippen LogP contribution in [0.4, 0.5) is 4.79 Å². The Kier molecular flexibility index (Phi) is 3.64. The Bertz CT molecular complexity index is 380. The summed E-state index contributed by atoms with van der Waals surface area (Å²) in [5.41, 5.74) is 6.82. The summed E-state index contributed by atoms with van der Waals surface area (Å²) in [5, 5.41) is 0. The van der Waals surface area contributed by atoms with Gasteiger partial charge in [-0.2, -0.15) is 0 Å². The zero-order valence-electron chi connectivity index (χ0n) is 10.0. The van der Waals surface area contributed by atoms with Gasteiger partial charge in [0.05, 0.1) is 18.7 Å². The monoisotopic (exact) mass is 234 g/mol. The third-order valence-corrected chi connectivity index (χ3v) is 3.25. The van der Waals surface area contributed by atoms with Gasteiger partial charge in [-0.3, -0.25) is 4.90 Å². The molecule has 0 aromatic heterocycles. The molecule has 2 rings (SSSR count). The Balaban J connectivity index is 2.21. The number of hydrogen-bond acceptors (Lipinski definition) is 3. The van der Waals surface area contributed by atoms with Crippen LogP contribution in [0, 0.1) is 0 Å². The lowest BCUT2D eigenvalue weighted by Crippen LogP contribution is -2.50. The standard InChI is InChI=1S/C13H18N2O2/c1-10(11-5-3-2-4-6-11)15-12(9-14)7-8-17-13(15)16/h2-6,10,12H,7-9,14H2,1H3. The molecule has 4 heteroatoms. The lowest BCUT2D eigenvalue weighted by Gasteiger charge is -2.38. The van der Waals surface area contributed by atoms with E-state index in [9.17, 15) is 4.79 Å². The number of nitrogens with two attached hydrogens (primary N) is 1. The summed E-state index contributed by atoms with van der Waals surface area (Å²) in [6.07, 6.45) is 0.544. The number of rotatable bonds is 3. The first-order valence-corrected chi connectivity index (χ1v) is 5.94. The Morgan fingerprint density at radius 2 is 2.18 bits per heavy atom. The molecule has 1 aromatic rings. The van der Waals surface area contributed by atoms with Crippen LogP contribution in [-0.4, -0.2) is 30.2 Å². The van der Waals surface area contributed by atoms with Crippen molar-refractivity contribution in [1.29, 1.82) is 0 Å². The van der Waals surface area contributed by atoms with E-state index in [1.54, 1.807) is 4.90 Å². The normalized spacial score (nSPS) is 22.1. The minimum absolute atomic E-state index is 0.00227. The average molecular weight is 234 g/mol. The van der Waals surface area contributed by atoms with Crippen LogP contribution in [0.15, 0.2) is 30.3 Å². The van der Waals surface area contributed by atoms with E-state index in [4.69, 9.17) is 10.5 Å². The Morgan fingerprint density at radius 1 is 1.47 bits per heavy atom. The molecule has 0 radical (unpaired) electrons. The average Bonchev–Trinajstić information content (AvgIpc) is 2.38. The first-order chi connectivity index (χ1) is 8.24. The van der Waals surface area contributed by atoms with Gasteiger partial charge in [0.2, 0.25) is 0 Å². The van der Waals surface area contributed by atoms with Crippen LogP contribution in [0.25, 0.3) is 0 Å².